The third-order valence-electron chi connectivity index (χ3n) is 3.29. The molecule has 13 heavy (non-hydrogen) atoms. The van der Waals surface area contributed by atoms with Crippen molar-refractivity contribution in [2.45, 2.75) is 18.9 Å². The first-order chi connectivity index (χ1) is 6.11. The number of rotatable bonds is 1. The van der Waals surface area contributed by atoms with Gasteiger partial charge in [-0.25, -0.2) is 0 Å². The molecule has 2 aliphatic rings. The van der Waals surface area contributed by atoms with Crippen molar-refractivity contribution in [3.63, 3.8) is 0 Å². The van der Waals surface area contributed by atoms with Crippen LogP contribution in [-0.4, -0.2) is 48.7 Å². The lowest BCUT2D eigenvalue weighted by Crippen LogP contribution is -2.30. The van der Waals surface area contributed by atoms with Gasteiger partial charge in [0.15, 0.2) is 0 Å². The van der Waals surface area contributed by atoms with Crippen LogP contribution in [-0.2, 0) is 4.79 Å². The van der Waals surface area contributed by atoms with Crippen LogP contribution >= 0.6 is 0 Å². The van der Waals surface area contributed by atoms with Gasteiger partial charge in [0.2, 0.25) is 0 Å². The van der Waals surface area contributed by atoms with E-state index in [0.29, 0.717) is 0 Å². The standard InChI is InChI=1S/C9H16N2O2/c1-11-3-2-9(6-11)4-7(8(12)13)10-5-9/h7,10H,2-6H2,1H3,(H,12,13). The second kappa shape index (κ2) is 2.96. The lowest BCUT2D eigenvalue weighted by Gasteiger charge is -2.21. The maximum absolute atomic E-state index is 10.7. The van der Waals surface area contributed by atoms with Gasteiger partial charge in [-0.1, -0.05) is 0 Å². The molecule has 0 aliphatic carbocycles. The fourth-order valence-corrected chi connectivity index (χ4v) is 2.56. The lowest BCUT2D eigenvalue weighted by molar-refractivity contribution is -0.139. The monoisotopic (exact) mass is 184 g/mol. The predicted octanol–water partition coefficient (Wildman–Crippen LogP) is -0.245. The molecule has 2 saturated heterocycles. The third-order valence-corrected chi connectivity index (χ3v) is 3.29. The summed E-state index contributed by atoms with van der Waals surface area (Å²) < 4.78 is 0. The van der Waals surface area contributed by atoms with Crippen LogP contribution in [0.15, 0.2) is 0 Å². The van der Waals surface area contributed by atoms with Gasteiger partial charge in [-0.15, -0.1) is 0 Å². The van der Waals surface area contributed by atoms with Crippen LogP contribution in [0.25, 0.3) is 0 Å². The Bertz CT molecular complexity index is 232. The number of hydrogen-bond acceptors (Lipinski definition) is 3. The fraction of sp³-hybridized carbons (Fsp3) is 0.889. The average molecular weight is 184 g/mol. The van der Waals surface area contributed by atoms with E-state index in [4.69, 9.17) is 5.11 Å². The topological polar surface area (TPSA) is 52.6 Å². The smallest absolute Gasteiger partial charge is 0.320 e. The summed E-state index contributed by atoms with van der Waals surface area (Å²) in [6.07, 6.45) is 1.94. The zero-order valence-corrected chi connectivity index (χ0v) is 7.92. The van der Waals surface area contributed by atoms with E-state index in [0.717, 1.165) is 32.5 Å². The molecule has 0 aromatic heterocycles. The number of likely N-dealkylation sites (tertiary alicyclic amines) is 1. The van der Waals surface area contributed by atoms with Gasteiger partial charge in [0, 0.05) is 13.1 Å². The molecule has 2 heterocycles. The Hall–Kier alpha value is -0.610. The van der Waals surface area contributed by atoms with Crippen LogP contribution in [0.2, 0.25) is 0 Å². The second-order valence-electron chi connectivity index (χ2n) is 4.46. The SMILES string of the molecule is CN1CCC2(CNC(C(=O)O)C2)C1. The van der Waals surface area contributed by atoms with E-state index in [9.17, 15) is 4.79 Å². The molecule has 0 amide bonds. The first kappa shape index (κ1) is 8.97. The van der Waals surface area contributed by atoms with E-state index in [-0.39, 0.29) is 11.5 Å². The number of carbonyl (C=O) groups is 1. The Morgan fingerprint density at radius 1 is 1.69 bits per heavy atom. The predicted molar refractivity (Wildman–Crippen MR) is 48.6 cm³/mol. The Morgan fingerprint density at radius 2 is 2.46 bits per heavy atom. The Morgan fingerprint density at radius 3 is 2.92 bits per heavy atom. The van der Waals surface area contributed by atoms with Crippen molar-refractivity contribution in [1.29, 1.82) is 0 Å². The first-order valence-corrected chi connectivity index (χ1v) is 4.76. The summed E-state index contributed by atoms with van der Waals surface area (Å²) in [5.41, 5.74) is 0.248. The van der Waals surface area contributed by atoms with Gasteiger partial charge in [0.25, 0.3) is 0 Å². The maximum atomic E-state index is 10.7. The quantitative estimate of drug-likeness (QED) is 0.590. The van der Waals surface area contributed by atoms with E-state index in [1.54, 1.807) is 0 Å². The number of nitrogens with one attached hydrogen (secondary N) is 1. The van der Waals surface area contributed by atoms with Crippen molar-refractivity contribution in [3.8, 4) is 0 Å². The molecular weight excluding hydrogens is 168 g/mol. The molecular formula is C9H16N2O2. The van der Waals surface area contributed by atoms with Crippen molar-refractivity contribution < 1.29 is 9.90 Å². The molecule has 2 fully saturated rings. The minimum atomic E-state index is -0.702. The Balaban J connectivity index is 2.01. The highest BCUT2D eigenvalue weighted by molar-refractivity contribution is 5.74. The average Bonchev–Trinajstić information content (AvgIpc) is 2.61. The molecule has 1 spiro atoms. The Labute approximate surface area is 77.9 Å². The molecule has 0 radical (unpaired) electrons. The van der Waals surface area contributed by atoms with Gasteiger partial charge >= 0.3 is 5.97 Å². The van der Waals surface area contributed by atoms with Gasteiger partial charge < -0.3 is 15.3 Å². The van der Waals surface area contributed by atoms with Gasteiger partial charge in [-0.2, -0.15) is 0 Å². The van der Waals surface area contributed by atoms with Gasteiger partial charge in [0.05, 0.1) is 0 Å². The van der Waals surface area contributed by atoms with E-state index in [1.165, 1.54) is 0 Å². The normalized spacial score (nSPS) is 40.2. The Kier molecular flexibility index (Phi) is 2.04. The van der Waals surface area contributed by atoms with E-state index in [1.807, 2.05) is 0 Å². The van der Waals surface area contributed by atoms with Gasteiger partial charge in [-0.3, -0.25) is 4.79 Å². The minimum absolute atomic E-state index is 0.248. The molecule has 2 aliphatic heterocycles. The van der Waals surface area contributed by atoms with Crippen molar-refractivity contribution in [2.75, 3.05) is 26.7 Å². The van der Waals surface area contributed by atoms with E-state index in [2.05, 4.69) is 17.3 Å². The summed E-state index contributed by atoms with van der Waals surface area (Å²) in [6, 6.07) is -0.313. The summed E-state index contributed by atoms with van der Waals surface area (Å²) in [7, 11) is 2.10. The zero-order valence-electron chi connectivity index (χ0n) is 7.92. The number of aliphatic carboxylic acids is 1. The summed E-state index contributed by atoms with van der Waals surface area (Å²) in [5, 5.41) is 11.9. The molecule has 0 bridgehead atoms. The van der Waals surface area contributed by atoms with Crippen LogP contribution in [0.5, 0.6) is 0 Å². The maximum Gasteiger partial charge on any atom is 0.320 e. The highest BCUT2D eigenvalue weighted by Crippen LogP contribution is 2.37. The molecule has 2 rings (SSSR count). The van der Waals surface area contributed by atoms with Crippen molar-refractivity contribution in [2.24, 2.45) is 5.41 Å². The molecule has 0 saturated carbocycles. The highest BCUT2D eigenvalue weighted by atomic mass is 16.4. The van der Waals surface area contributed by atoms with Crippen LogP contribution < -0.4 is 5.32 Å². The van der Waals surface area contributed by atoms with Gasteiger partial charge in [-0.05, 0) is 31.8 Å². The third kappa shape index (κ3) is 1.56. The summed E-state index contributed by atoms with van der Waals surface area (Å²) in [4.78, 5) is 13.0. The molecule has 2 N–H and O–H groups in total. The summed E-state index contributed by atoms with van der Waals surface area (Å²) in [6.45, 7) is 3.02. The van der Waals surface area contributed by atoms with Crippen LogP contribution in [0.1, 0.15) is 12.8 Å². The van der Waals surface area contributed by atoms with Crippen LogP contribution in [0.4, 0.5) is 0 Å². The molecule has 0 aromatic carbocycles. The number of carboxylic acid groups (broad SMARTS) is 1. The van der Waals surface area contributed by atoms with Crippen molar-refractivity contribution >= 4 is 5.97 Å². The zero-order chi connectivity index (χ0) is 9.47. The largest absolute Gasteiger partial charge is 0.480 e. The van der Waals surface area contributed by atoms with Crippen LogP contribution in [0.3, 0.4) is 0 Å². The minimum Gasteiger partial charge on any atom is -0.480 e. The van der Waals surface area contributed by atoms with E-state index >= 15 is 0 Å². The first-order valence-electron chi connectivity index (χ1n) is 4.76. The van der Waals surface area contributed by atoms with Crippen molar-refractivity contribution in [1.82, 2.24) is 10.2 Å². The fourth-order valence-electron chi connectivity index (χ4n) is 2.56. The molecule has 4 nitrogen and oxygen atoms in total. The lowest BCUT2D eigenvalue weighted by atomic mass is 9.85. The van der Waals surface area contributed by atoms with E-state index < -0.39 is 5.97 Å². The molecule has 74 valence electrons. The molecule has 0 aromatic rings. The molecule has 2 atom stereocenters. The number of nitrogens with zero attached hydrogens (tertiary/aromatic N) is 1. The van der Waals surface area contributed by atoms with Crippen LogP contribution in [0, 0.1) is 5.41 Å². The number of carboxylic acids is 1. The summed E-state index contributed by atoms with van der Waals surface area (Å²) >= 11 is 0. The summed E-state index contributed by atoms with van der Waals surface area (Å²) in [5.74, 6) is -0.702. The van der Waals surface area contributed by atoms with Gasteiger partial charge in [0.1, 0.15) is 6.04 Å². The molecule has 4 heteroatoms. The molecule has 2 unspecified atom stereocenters. The van der Waals surface area contributed by atoms with Crippen molar-refractivity contribution in [3.05, 3.63) is 0 Å². The highest BCUT2D eigenvalue weighted by Gasteiger charge is 2.44. The second-order valence-corrected chi connectivity index (χ2v) is 4.46. The number of hydrogen-bond donors (Lipinski definition) is 2.